The highest BCUT2D eigenvalue weighted by molar-refractivity contribution is 6.48. The van der Waals surface area contributed by atoms with Crippen molar-refractivity contribution in [3.8, 4) is 0 Å². The third kappa shape index (κ3) is 8.22. The number of fused-ring (bicyclic) bond motifs is 1. The van der Waals surface area contributed by atoms with Crippen molar-refractivity contribution < 1.29 is 38.1 Å². The summed E-state index contributed by atoms with van der Waals surface area (Å²) in [7, 11) is 0. The zero-order valence-corrected chi connectivity index (χ0v) is 23.8. The van der Waals surface area contributed by atoms with Gasteiger partial charge >= 0.3 is 23.9 Å². The normalized spacial score (nSPS) is 23.3. The first kappa shape index (κ1) is 31.4. The second-order valence-corrected chi connectivity index (χ2v) is 10.3. The smallest absolute Gasteiger partial charge is 0.340 e. The number of hydrogen-bond donors (Lipinski definition) is 0. The van der Waals surface area contributed by atoms with E-state index in [1.165, 1.54) is 26.0 Å². The molecule has 0 amide bonds. The summed E-state index contributed by atoms with van der Waals surface area (Å²) in [6.45, 7) is 3.79. The third-order valence-electron chi connectivity index (χ3n) is 7.13. The van der Waals surface area contributed by atoms with Gasteiger partial charge in [0.2, 0.25) is 13.6 Å². The van der Waals surface area contributed by atoms with Gasteiger partial charge in [-0.2, -0.15) is 0 Å². The van der Waals surface area contributed by atoms with Gasteiger partial charge in [0.05, 0.1) is 11.0 Å². The monoisotopic (exact) mass is 585 g/mol. The van der Waals surface area contributed by atoms with Crippen LogP contribution < -0.4 is 0 Å². The van der Waals surface area contributed by atoms with Gasteiger partial charge in [0.1, 0.15) is 0 Å². The van der Waals surface area contributed by atoms with Gasteiger partial charge in [-0.25, -0.2) is 4.79 Å². The van der Waals surface area contributed by atoms with Crippen LogP contribution in [0.25, 0.3) is 15.5 Å². The molecule has 11 nitrogen and oxygen atoms in total. The molecule has 0 aliphatic heterocycles. The van der Waals surface area contributed by atoms with Gasteiger partial charge in [-0.15, -0.1) is 0 Å². The average Bonchev–Trinajstić information content (AvgIpc) is 2.92. The summed E-state index contributed by atoms with van der Waals surface area (Å²) in [4.78, 5) is 50.8. The van der Waals surface area contributed by atoms with E-state index in [1.54, 1.807) is 18.2 Å². The van der Waals surface area contributed by atoms with Crippen molar-refractivity contribution in [1.29, 1.82) is 0 Å². The lowest BCUT2D eigenvalue weighted by atomic mass is 9.56. The number of benzene rings is 1. The third-order valence-corrected chi connectivity index (χ3v) is 7.48. The molecule has 0 bridgehead atoms. The van der Waals surface area contributed by atoms with E-state index in [2.05, 4.69) is 14.8 Å². The first-order valence-corrected chi connectivity index (χ1v) is 13.4. The molecule has 1 aromatic rings. The van der Waals surface area contributed by atoms with Crippen LogP contribution in [0.5, 0.6) is 0 Å². The highest BCUT2D eigenvalue weighted by Crippen LogP contribution is 2.53. The van der Waals surface area contributed by atoms with Crippen molar-refractivity contribution in [2.45, 2.75) is 40.0 Å². The van der Waals surface area contributed by atoms with Crippen molar-refractivity contribution in [2.24, 2.45) is 28.3 Å². The van der Waals surface area contributed by atoms with E-state index in [4.69, 9.17) is 31.3 Å². The van der Waals surface area contributed by atoms with Crippen molar-refractivity contribution >= 4 is 40.5 Å². The maximum absolute atomic E-state index is 13.7. The quantitative estimate of drug-likeness (QED) is 0.0781. The van der Waals surface area contributed by atoms with Crippen LogP contribution >= 0.6 is 11.6 Å². The number of halogens is 1. The van der Waals surface area contributed by atoms with E-state index >= 15 is 0 Å². The number of azide groups is 1. The molecule has 2 aliphatic carbocycles. The van der Waals surface area contributed by atoms with Gasteiger partial charge in [-0.1, -0.05) is 58.7 Å². The molecule has 0 unspecified atom stereocenters. The summed E-state index contributed by atoms with van der Waals surface area (Å²) < 4.78 is 19.8. The summed E-state index contributed by atoms with van der Waals surface area (Å²) in [5.74, 6) is -2.85. The van der Waals surface area contributed by atoms with Crippen LogP contribution in [0.2, 0.25) is 0 Å². The fourth-order valence-electron chi connectivity index (χ4n) is 5.21. The molecule has 12 heteroatoms. The van der Waals surface area contributed by atoms with Crippen molar-refractivity contribution in [1.82, 2.24) is 0 Å². The minimum Gasteiger partial charge on any atom is -0.428 e. The molecule has 41 heavy (non-hydrogen) atoms. The van der Waals surface area contributed by atoms with Crippen molar-refractivity contribution in [2.75, 3.05) is 20.1 Å². The number of hydrogen-bond acceptors (Lipinski definition) is 9. The zero-order chi connectivity index (χ0) is 30.0. The number of carbonyl (C=O) groups is 4. The number of carbonyl (C=O) groups excluding carboxylic acids is 4. The molecular formula is C29H32ClN3O8. The van der Waals surface area contributed by atoms with E-state index in [-0.39, 0.29) is 17.4 Å². The van der Waals surface area contributed by atoms with E-state index < -0.39 is 48.8 Å². The van der Waals surface area contributed by atoms with Crippen LogP contribution in [0.15, 0.2) is 59.3 Å². The van der Waals surface area contributed by atoms with Crippen molar-refractivity contribution in [3.05, 3.63) is 75.7 Å². The highest BCUT2D eigenvalue weighted by Gasteiger charge is 2.53. The van der Waals surface area contributed by atoms with Crippen LogP contribution in [0, 0.1) is 23.2 Å². The lowest BCUT2D eigenvalue weighted by Gasteiger charge is -2.47. The number of rotatable bonds is 11. The maximum atomic E-state index is 13.7. The van der Waals surface area contributed by atoms with E-state index in [1.807, 2.05) is 25.2 Å². The molecule has 218 valence electrons. The molecule has 0 saturated carbocycles. The zero-order valence-electron chi connectivity index (χ0n) is 23.1. The molecule has 0 radical (unpaired) electrons. The number of ether oxygens (including phenoxy) is 4. The summed E-state index contributed by atoms with van der Waals surface area (Å²) in [6.07, 6.45) is 9.54. The molecule has 0 fully saturated rings. The van der Waals surface area contributed by atoms with Crippen molar-refractivity contribution in [3.63, 3.8) is 0 Å². The summed E-state index contributed by atoms with van der Waals surface area (Å²) in [5.41, 5.74) is 9.46. The van der Waals surface area contributed by atoms with Gasteiger partial charge in [0, 0.05) is 36.3 Å². The van der Waals surface area contributed by atoms with Crippen LogP contribution in [0.4, 0.5) is 0 Å². The molecule has 0 spiro atoms. The number of esters is 4. The Labute approximate surface area is 242 Å². The molecule has 0 saturated heterocycles. The minimum absolute atomic E-state index is 0.110. The standard InChI is InChI=1S/C29H32ClN3O8/c1-18-12-24-14-21(9-11-32-33-31)8-10-29(24,28(37)41-17-39-20(3)35)25(13-18)15-26(30)22-4-6-23(7-5-22)27(36)40-16-38-19(2)34/h4-8,10,13,15,21,24-25H,9,11-12,14,16-17H2,1-3H3/b26-15-/t21-,24-,25-,29-/m0/s1. The summed E-state index contributed by atoms with van der Waals surface area (Å²) in [5, 5.41) is 3.99. The molecule has 2 aliphatic rings. The predicted molar refractivity (Wildman–Crippen MR) is 149 cm³/mol. The van der Waals surface area contributed by atoms with Crippen LogP contribution in [-0.4, -0.2) is 44.0 Å². The Morgan fingerprint density at radius 1 is 1.05 bits per heavy atom. The number of allylic oxidation sites excluding steroid dienone is 4. The fraction of sp³-hybridized carbons (Fsp3) is 0.448. The Balaban J connectivity index is 1.90. The fourth-order valence-corrected chi connectivity index (χ4v) is 5.47. The van der Waals surface area contributed by atoms with Crippen LogP contribution in [0.1, 0.15) is 56.0 Å². The van der Waals surface area contributed by atoms with E-state index in [0.29, 0.717) is 36.4 Å². The first-order chi connectivity index (χ1) is 19.6. The van der Waals surface area contributed by atoms with Gasteiger partial charge in [-0.05, 0) is 61.2 Å². The maximum Gasteiger partial charge on any atom is 0.340 e. The summed E-state index contributed by atoms with van der Waals surface area (Å²) in [6, 6.07) is 6.35. The SMILES string of the molecule is CC(=O)OCOC(=O)c1ccc(/C(Cl)=C/[C@@H]2C=C(C)C[C@H]3C[C@H](CCN=[N+]=[N-])C=C[C@]32C(=O)OCOC(C)=O)cc1. The van der Waals surface area contributed by atoms with Crippen LogP contribution in [-0.2, 0) is 33.3 Å². The Kier molecular flexibility index (Phi) is 11.1. The highest BCUT2D eigenvalue weighted by atomic mass is 35.5. The van der Waals surface area contributed by atoms with Gasteiger partial charge in [0.15, 0.2) is 0 Å². The number of nitrogens with zero attached hydrogens (tertiary/aromatic N) is 3. The molecule has 3 rings (SSSR count). The topological polar surface area (TPSA) is 154 Å². The Hall–Kier alpha value is -4.08. The molecule has 0 heterocycles. The molecule has 4 atom stereocenters. The lowest BCUT2D eigenvalue weighted by Crippen LogP contribution is -2.48. The molecule has 1 aromatic carbocycles. The molecule has 0 N–H and O–H groups in total. The lowest BCUT2D eigenvalue weighted by molar-refractivity contribution is -0.176. The molecule has 0 aromatic heterocycles. The van der Waals surface area contributed by atoms with Crippen LogP contribution in [0.3, 0.4) is 0 Å². The second-order valence-electron chi connectivity index (χ2n) is 9.93. The first-order valence-electron chi connectivity index (χ1n) is 13.0. The Morgan fingerprint density at radius 3 is 2.32 bits per heavy atom. The largest absolute Gasteiger partial charge is 0.428 e. The Morgan fingerprint density at radius 2 is 1.68 bits per heavy atom. The minimum atomic E-state index is -1.10. The molecular weight excluding hydrogens is 554 g/mol. The predicted octanol–water partition coefficient (Wildman–Crippen LogP) is 5.85. The van der Waals surface area contributed by atoms with Gasteiger partial charge in [-0.3, -0.25) is 14.4 Å². The van der Waals surface area contributed by atoms with Gasteiger partial charge < -0.3 is 18.9 Å². The summed E-state index contributed by atoms with van der Waals surface area (Å²) >= 11 is 6.76. The van der Waals surface area contributed by atoms with E-state index in [9.17, 15) is 19.2 Å². The van der Waals surface area contributed by atoms with E-state index in [0.717, 1.165) is 5.57 Å². The average molecular weight is 586 g/mol. The second kappa shape index (κ2) is 14.5. The Bertz CT molecular complexity index is 1300. The van der Waals surface area contributed by atoms with Gasteiger partial charge in [0.25, 0.3) is 0 Å².